The van der Waals surface area contributed by atoms with Gasteiger partial charge in [-0.1, -0.05) is 46.7 Å². The summed E-state index contributed by atoms with van der Waals surface area (Å²) in [6, 6.07) is 16.9. The Hall–Kier alpha value is -2.34. The number of anilines is 1. The molecule has 0 spiro atoms. The Morgan fingerprint density at radius 3 is 2.80 bits per heavy atom. The summed E-state index contributed by atoms with van der Waals surface area (Å²) in [5.74, 6) is 1.26. The first-order valence-electron chi connectivity index (χ1n) is 7.39. The van der Waals surface area contributed by atoms with E-state index >= 15 is 0 Å². The lowest BCUT2D eigenvalue weighted by molar-refractivity contribution is 0.575. The van der Waals surface area contributed by atoms with Crippen LogP contribution in [-0.2, 0) is 0 Å². The van der Waals surface area contributed by atoms with Gasteiger partial charge < -0.3 is 4.42 Å². The van der Waals surface area contributed by atoms with E-state index < -0.39 is 0 Å². The van der Waals surface area contributed by atoms with Crippen LogP contribution in [0.2, 0.25) is 10.0 Å². The molecule has 1 N–H and O–H groups in total. The van der Waals surface area contributed by atoms with Crippen LogP contribution in [0.25, 0.3) is 21.5 Å². The Bertz CT molecular complexity index is 1040. The topological polar surface area (TPSA) is 50.4 Å². The summed E-state index contributed by atoms with van der Waals surface area (Å²) < 4.78 is 6.86. The Morgan fingerprint density at radius 2 is 1.96 bits per heavy atom. The number of nitrogens with zero attached hydrogens (tertiary/aromatic N) is 2. The van der Waals surface area contributed by atoms with E-state index in [1.165, 1.54) is 0 Å². The summed E-state index contributed by atoms with van der Waals surface area (Å²) in [5.41, 5.74) is 4.65. The molecule has 4 rings (SSSR count). The van der Waals surface area contributed by atoms with Gasteiger partial charge in [-0.05, 0) is 42.5 Å². The van der Waals surface area contributed by atoms with Crippen molar-refractivity contribution in [2.75, 3.05) is 5.43 Å². The lowest BCUT2D eigenvalue weighted by Crippen LogP contribution is -1.88. The smallest absolute Gasteiger partial charge is 0.204 e. The Kier molecular flexibility index (Phi) is 4.44. The molecule has 4 nitrogen and oxygen atoms in total. The normalized spacial score (nSPS) is 11.4. The SMILES string of the molecule is Clc1ccc(-c2ccc(/C=N/Nc3nc4ccccc4s3)o2)c(Cl)c1. The van der Waals surface area contributed by atoms with E-state index in [4.69, 9.17) is 27.6 Å². The lowest BCUT2D eigenvalue weighted by atomic mass is 10.2. The number of furan rings is 1. The van der Waals surface area contributed by atoms with Crippen LogP contribution in [0, 0.1) is 0 Å². The molecule has 0 unspecified atom stereocenters. The number of para-hydroxylation sites is 1. The Morgan fingerprint density at radius 1 is 1.08 bits per heavy atom. The molecule has 2 heterocycles. The van der Waals surface area contributed by atoms with Crippen LogP contribution >= 0.6 is 34.5 Å². The van der Waals surface area contributed by atoms with Crippen molar-refractivity contribution in [3.05, 3.63) is 70.4 Å². The van der Waals surface area contributed by atoms with Crippen molar-refractivity contribution < 1.29 is 4.42 Å². The fourth-order valence-electron chi connectivity index (χ4n) is 2.33. The zero-order valence-electron chi connectivity index (χ0n) is 12.7. The lowest BCUT2D eigenvalue weighted by Gasteiger charge is -2.00. The number of thiazole rings is 1. The molecule has 2 aromatic carbocycles. The van der Waals surface area contributed by atoms with E-state index in [1.807, 2.05) is 42.5 Å². The molecule has 0 atom stereocenters. The first-order chi connectivity index (χ1) is 12.2. The van der Waals surface area contributed by atoms with Crippen molar-refractivity contribution in [2.24, 2.45) is 5.10 Å². The number of hydrogen-bond acceptors (Lipinski definition) is 5. The van der Waals surface area contributed by atoms with Crippen molar-refractivity contribution in [3.8, 4) is 11.3 Å². The minimum absolute atomic E-state index is 0.540. The van der Waals surface area contributed by atoms with Crippen molar-refractivity contribution in [1.82, 2.24) is 4.98 Å². The standard InChI is InChI=1S/C18H11Cl2N3OS/c19-11-5-7-13(14(20)9-11)16-8-6-12(24-16)10-21-23-18-22-15-3-1-2-4-17(15)25-18/h1-10H,(H,22,23)/b21-10+. The number of halogens is 2. The molecule has 0 saturated heterocycles. The molecule has 124 valence electrons. The second-order valence-corrected chi connectivity index (χ2v) is 7.06. The maximum atomic E-state index is 6.20. The Labute approximate surface area is 157 Å². The predicted octanol–water partition coefficient (Wildman–Crippen LogP) is 6.31. The van der Waals surface area contributed by atoms with Crippen LogP contribution < -0.4 is 5.43 Å². The third-order valence-electron chi connectivity index (χ3n) is 3.47. The molecule has 25 heavy (non-hydrogen) atoms. The average molecular weight is 388 g/mol. The van der Waals surface area contributed by atoms with E-state index in [0.29, 0.717) is 21.6 Å². The van der Waals surface area contributed by atoms with Crippen LogP contribution in [0.15, 0.2) is 64.1 Å². The molecular formula is C18H11Cl2N3OS. The highest BCUT2D eigenvalue weighted by molar-refractivity contribution is 7.22. The molecule has 0 bridgehead atoms. The van der Waals surface area contributed by atoms with Crippen molar-refractivity contribution >= 4 is 56.1 Å². The highest BCUT2D eigenvalue weighted by Crippen LogP contribution is 2.31. The molecule has 0 aliphatic carbocycles. The molecule has 0 amide bonds. The highest BCUT2D eigenvalue weighted by atomic mass is 35.5. The van der Waals surface area contributed by atoms with Gasteiger partial charge in [0.2, 0.25) is 5.13 Å². The summed E-state index contributed by atoms with van der Waals surface area (Å²) in [7, 11) is 0. The number of benzene rings is 2. The van der Waals surface area contributed by atoms with Crippen LogP contribution in [-0.4, -0.2) is 11.2 Å². The minimum atomic E-state index is 0.540. The number of nitrogens with one attached hydrogen (secondary N) is 1. The van der Waals surface area contributed by atoms with Gasteiger partial charge in [0.1, 0.15) is 11.5 Å². The van der Waals surface area contributed by atoms with Gasteiger partial charge in [-0.25, -0.2) is 4.98 Å². The highest BCUT2D eigenvalue weighted by Gasteiger charge is 2.08. The predicted molar refractivity (Wildman–Crippen MR) is 105 cm³/mol. The molecule has 4 aromatic rings. The van der Waals surface area contributed by atoms with Gasteiger partial charge >= 0.3 is 0 Å². The van der Waals surface area contributed by atoms with E-state index in [2.05, 4.69) is 15.5 Å². The van der Waals surface area contributed by atoms with Crippen molar-refractivity contribution in [3.63, 3.8) is 0 Å². The zero-order valence-corrected chi connectivity index (χ0v) is 15.1. The quantitative estimate of drug-likeness (QED) is 0.329. The van der Waals surface area contributed by atoms with Gasteiger partial charge in [0.25, 0.3) is 0 Å². The van der Waals surface area contributed by atoms with Crippen LogP contribution in [0.5, 0.6) is 0 Å². The molecule has 7 heteroatoms. The maximum Gasteiger partial charge on any atom is 0.204 e. The third-order valence-corrected chi connectivity index (χ3v) is 4.96. The summed E-state index contributed by atoms with van der Waals surface area (Å²) >= 11 is 13.7. The number of hydrazone groups is 1. The van der Waals surface area contributed by atoms with Crippen LogP contribution in [0.4, 0.5) is 5.13 Å². The Balaban J connectivity index is 1.49. The van der Waals surface area contributed by atoms with Gasteiger partial charge in [0, 0.05) is 10.6 Å². The van der Waals surface area contributed by atoms with E-state index in [-0.39, 0.29) is 0 Å². The summed E-state index contributed by atoms with van der Waals surface area (Å²) in [5, 5.41) is 6.03. The molecule has 0 radical (unpaired) electrons. The summed E-state index contributed by atoms with van der Waals surface area (Å²) in [6.45, 7) is 0. The molecule has 0 fully saturated rings. The first kappa shape index (κ1) is 16.1. The fraction of sp³-hybridized carbons (Fsp3) is 0. The maximum absolute atomic E-state index is 6.20. The summed E-state index contributed by atoms with van der Waals surface area (Å²) in [6.07, 6.45) is 1.60. The molecule has 0 saturated carbocycles. The van der Waals surface area contributed by atoms with Gasteiger partial charge in [-0.15, -0.1) is 0 Å². The van der Waals surface area contributed by atoms with Crippen molar-refractivity contribution in [2.45, 2.75) is 0 Å². The van der Waals surface area contributed by atoms with Crippen LogP contribution in [0.1, 0.15) is 5.76 Å². The average Bonchev–Trinajstić information content (AvgIpc) is 3.21. The molecule has 0 aliphatic heterocycles. The summed E-state index contributed by atoms with van der Waals surface area (Å²) in [4.78, 5) is 4.45. The second kappa shape index (κ2) is 6.88. The first-order valence-corrected chi connectivity index (χ1v) is 8.96. The molecule has 0 aliphatic rings. The zero-order chi connectivity index (χ0) is 17.2. The number of hydrogen-bond donors (Lipinski definition) is 1. The van der Waals surface area contributed by atoms with Gasteiger partial charge in [0.15, 0.2) is 0 Å². The third kappa shape index (κ3) is 3.54. The van der Waals surface area contributed by atoms with Crippen LogP contribution in [0.3, 0.4) is 0 Å². The van der Waals surface area contributed by atoms with Gasteiger partial charge in [-0.2, -0.15) is 5.10 Å². The number of fused-ring (bicyclic) bond motifs is 1. The monoisotopic (exact) mass is 387 g/mol. The van der Waals surface area contributed by atoms with E-state index in [9.17, 15) is 0 Å². The van der Waals surface area contributed by atoms with Crippen molar-refractivity contribution in [1.29, 1.82) is 0 Å². The second-order valence-electron chi connectivity index (χ2n) is 5.18. The van der Waals surface area contributed by atoms with E-state index in [0.717, 1.165) is 20.9 Å². The van der Waals surface area contributed by atoms with Gasteiger partial charge in [-0.3, -0.25) is 5.43 Å². The molecule has 2 aromatic heterocycles. The number of aromatic nitrogens is 1. The van der Waals surface area contributed by atoms with E-state index in [1.54, 1.807) is 29.7 Å². The number of rotatable bonds is 4. The largest absolute Gasteiger partial charge is 0.455 e. The minimum Gasteiger partial charge on any atom is -0.455 e. The molecular weight excluding hydrogens is 377 g/mol. The fourth-order valence-corrected chi connectivity index (χ4v) is 3.64. The van der Waals surface area contributed by atoms with Gasteiger partial charge in [0.05, 0.1) is 21.5 Å².